The number of anilines is 2. The maximum atomic E-state index is 13.1. The molecule has 3 heterocycles. The first kappa shape index (κ1) is 24.1. The standard InChI is InChI=1S/C26H24FN7S2/c27-21-10-8-18(9-11-21)5-3-12-28-25(35)33-24-31-22(34-16-19-6-1-2-7-20(19)17-34)15-23(32-24)36-26-29-13-4-14-30-26/h1-2,4,6-11,13-15H,3,5,12,16-17H2,(H2,28,31,32,33,35). The maximum Gasteiger partial charge on any atom is 0.232 e. The van der Waals surface area contributed by atoms with Crippen molar-refractivity contribution in [1.82, 2.24) is 25.3 Å². The highest BCUT2D eigenvalue weighted by atomic mass is 32.2. The molecule has 0 saturated heterocycles. The van der Waals surface area contributed by atoms with E-state index in [4.69, 9.17) is 17.2 Å². The van der Waals surface area contributed by atoms with Gasteiger partial charge in [0.05, 0.1) is 0 Å². The van der Waals surface area contributed by atoms with E-state index in [1.165, 1.54) is 35.0 Å². The smallest absolute Gasteiger partial charge is 0.232 e. The summed E-state index contributed by atoms with van der Waals surface area (Å²) in [5, 5.41) is 8.12. The Kier molecular flexibility index (Phi) is 7.63. The van der Waals surface area contributed by atoms with Gasteiger partial charge in [-0.2, -0.15) is 4.98 Å². The van der Waals surface area contributed by atoms with Gasteiger partial charge in [-0.25, -0.2) is 19.3 Å². The lowest BCUT2D eigenvalue weighted by Crippen LogP contribution is -2.30. The van der Waals surface area contributed by atoms with Crippen LogP contribution in [0, 0.1) is 5.82 Å². The fourth-order valence-corrected chi connectivity index (χ4v) is 4.81. The number of hydrogen-bond donors (Lipinski definition) is 2. The number of nitrogens with one attached hydrogen (secondary N) is 2. The number of benzene rings is 2. The second-order valence-corrected chi connectivity index (χ2v) is 9.65. The van der Waals surface area contributed by atoms with Gasteiger partial charge in [0.15, 0.2) is 10.3 Å². The van der Waals surface area contributed by atoms with Crippen LogP contribution in [-0.4, -0.2) is 31.6 Å². The van der Waals surface area contributed by atoms with Crippen molar-refractivity contribution in [2.24, 2.45) is 0 Å². The van der Waals surface area contributed by atoms with Gasteiger partial charge in [-0.1, -0.05) is 36.4 Å². The molecule has 2 aromatic heterocycles. The van der Waals surface area contributed by atoms with Crippen molar-refractivity contribution in [1.29, 1.82) is 0 Å². The van der Waals surface area contributed by atoms with Crippen LogP contribution in [0.5, 0.6) is 0 Å². The van der Waals surface area contributed by atoms with Crippen LogP contribution in [0.2, 0.25) is 0 Å². The molecule has 10 heteroatoms. The van der Waals surface area contributed by atoms with Crippen molar-refractivity contribution < 1.29 is 4.39 Å². The molecule has 0 spiro atoms. The first-order chi connectivity index (χ1) is 17.6. The minimum atomic E-state index is -0.223. The second kappa shape index (κ2) is 11.4. The Morgan fingerprint density at radius 3 is 2.42 bits per heavy atom. The normalized spacial score (nSPS) is 12.3. The van der Waals surface area contributed by atoms with Gasteiger partial charge in [0.2, 0.25) is 5.95 Å². The zero-order chi connectivity index (χ0) is 24.7. The van der Waals surface area contributed by atoms with Gasteiger partial charge in [0.1, 0.15) is 16.7 Å². The molecule has 4 aromatic rings. The van der Waals surface area contributed by atoms with E-state index in [0.29, 0.717) is 22.8 Å². The molecule has 0 unspecified atom stereocenters. The van der Waals surface area contributed by atoms with Gasteiger partial charge in [0.25, 0.3) is 0 Å². The second-order valence-electron chi connectivity index (χ2n) is 8.26. The van der Waals surface area contributed by atoms with Crippen LogP contribution in [0.4, 0.5) is 16.2 Å². The fraction of sp³-hybridized carbons (Fsp3) is 0.192. The largest absolute Gasteiger partial charge is 0.362 e. The number of hydrogen-bond acceptors (Lipinski definition) is 7. The molecular weight excluding hydrogens is 493 g/mol. The van der Waals surface area contributed by atoms with Crippen LogP contribution in [-0.2, 0) is 19.5 Å². The zero-order valence-electron chi connectivity index (χ0n) is 19.4. The zero-order valence-corrected chi connectivity index (χ0v) is 21.0. The minimum absolute atomic E-state index is 0.223. The Morgan fingerprint density at radius 1 is 0.972 bits per heavy atom. The molecule has 1 aliphatic rings. The van der Waals surface area contributed by atoms with E-state index in [-0.39, 0.29) is 5.82 Å². The first-order valence-corrected chi connectivity index (χ1v) is 12.8. The van der Waals surface area contributed by atoms with Crippen molar-refractivity contribution in [3.05, 3.63) is 95.6 Å². The van der Waals surface area contributed by atoms with E-state index in [1.54, 1.807) is 30.6 Å². The molecule has 182 valence electrons. The molecule has 36 heavy (non-hydrogen) atoms. The summed E-state index contributed by atoms with van der Waals surface area (Å²) in [6, 6.07) is 18.7. The fourth-order valence-electron chi connectivity index (χ4n) is 3.90. The van der Waals surface area contributed by atoms with E-state index < -0.39 is 0 Å². The van der Waals surface area contributed by atoms with E-state index in [2.05, 4.69) is 54.8 Å². The average Bonchev–Trinajstić information content (AvgIpc) is 3.33. The van der Waals surface area contributed by atoms with Crippen LogP contribution >= 0.6 is 24.0 Å². The van der Waals surface area contributed by atoms with Crippen molar-refractivity contribution in [2.75, 3.05) is 16.8 Å². The van der Waals surface area contributed by atoms with Gasteiger partial charge in [-0.15, -0.1) is 0 Å². The molecule has 1 aliphatic heterocycles. The number of thiocarbonyl (C=S) groups is 1. The van der Waals surface area contributed by atoms with Gasteiger partial charge >= 0.3 is 0 Å². The Labute approximate surface area is 218 Å². The van der Waals surface area contributed by atoms with Gasteiger partial charge in [-0.3, -0.25) is 0 Å². The first-order valence-electron chi connectivity index (χ1n) is 11.6. The lowest BCUT2D eigenvalue weighted by Gasteiger charge is -2.18. The monoisotopic (exact) mass is 517 g/mol. The molecule has 0 atom stereocenters. The van der Waals surface area contributed by atoms with Crippen LogP contribution < -0.4 is 15.5 Å². The van der Waals surface area contributed by atoms with Crippen molar-refractivity contribution in [3.63, 3.8) is 0 Å². The minimum Gasteiger partial charge on any atom is -0.362 e. The summed E-state index contributed by atoms with van der Waals surface area (Å²) in [5.41, 5.74) is 3.68. The quantitative estimate of drug-likeness (QED) is 0.145. The third kappa shape index (κ3) is 6.32. The molecular formula is C26H24FN7S2. The lowest BCUT2D eigenvalue weighted by atomic mass is 10.1. The number of aromatic nitrogens is 4. The summed E-state index contributed by atoms with van der Waals surface area (Å²) in [4.78, 5) is 20.2. The summed E-state index contributed by atoms with van der Waals surface area (Å²) in [7, 11) is 0. The highest BCUT2D eigenvalue weighted by Gasteiger charge is 2.21. The third-order valence-corrected chi connectivity index (χ3v) is 6.72. The highest BCUT2D eigenvalue weighted by Crippen LogP contribution is 2.31. The van der Waals surface area contributed by atoms with E-state index in [0.717, 1.165) is 42.3 Å². The summed E-state index contributed by atoms with van der Waals surface area (Å²) in [6.07, 6.45) is 5.10. The number of rotatable bonds is 8. The average molecular weight is 518 g/mol. The SMILES string of the molecule is Fc1ccc(CCCNC(=S)Nc2nc(Sc3ncccn3)cc(N3Cc4ccccc4C3)n2)cc1. The molecule has 5 rings (SSSR count). The number of fused-ring (bicyclic) bond motifs is 1. The molecule has 2 aromatic carbocycles. The molecule has 2 N–H and O–H groups in total. The Hall–Kier alpha value is -3.63. The lowest BCUT2D eigenvalue weighted by molar-refractivity contribution is 0.626. The highest BCUT2D eigenvalue weighted by molar-refractivity contribution is 7.99. The predicted octanol–water partition coefficient (Wildman–Crippen LogP) is 5.00. The molecule has 0 aliphatic carbocycles. The van der Waals surface area contributed by atoms with Crippen LogP contribution in [0.3, 0.4) is 0 Å². The summed E-state index contributed by atoms with van der Waals surface area (Å²) in [6.45, 7) is 2.24. The third-order valence-electron chi connectivity index (χ3n) is 5.66. The maximum absolute atomic E-state index is 13.1. The van der Waals surface area contributed by atoms with Gasteiger partial charge < -0.3 is 15.5 Å². The Morgan fingerprint density at radius 2 is 1.69 bits per heavy atom. The molecule has 0 amide bonds. The Bertz CT molecular complexity index is 1310. The van der Waals surface area contributed by atoms with Crippen molar-refractivity contribution >= 4 is 40.9 Å². The number of aryl methyl sites for hydroxylation is 1. The topological polar surface area (TPSA) is 78.9 Å². The van der Waals surface area contributed by atoms with Crippen LogP contribution in [0.1, 0.15) is 23.1 Å². The van der Waals surface area contributed by atoms with Gasteiger partial charge in [0, 0.05) is 38.1 Å². The summed E-state index contributed by atoms with van der Waals surface area (Å²) < 4.78 is 13.1. The van der Waals surface area contributed by atoms with Crippen molar-refractivity contribution in [3.8, 4) is 0 Å². The van der Waals surface area contributed by atoms with Crippen LogP contribution in [0.15, 0.2) is 83.2 Å². The summed E-state index contributed by atoms with van der Waals surface area (Å²) >= 11 is 6.87. The molecule has 7 nitrogen and oxygen atoms in total. The van der Waals surface area contributed by atoms with E-state index in [1.807, 2.05) is 6.07 Å². The van der Waals surface area contributed by atoms with E-state index in [9.17, 15) is 4.39 Å². The molecule has 0 fully saturated rings. The van der Waals surface area contributed by atoms with Crippen LogP contribution in [0.25, 0.3) is 0 Å². The number of halogens is 1. The molecule has 0 bridgehead atoms. The van der Waals surface area contributed by atoms with Gasteiger partial charge in [-0.05, 0) is 71.7 Å². The Balaban J connectivity index is 1.25. The van der Waals surface area contributed by atoms with Crippen molar-refractivity contribution in [2.45, 2.75) is 36.1 Å². The molecule has 0 saturated carbocycles. The van der Waals surface area contributed by atoms with E-state index >= 15 is 0 Å². The molecule has 0 radical (unpaired) electrons. The number of nitrogens with zero attached hydrogens (tertiary/aromatic N) is 5. The summed E-state index contributed by atoms with van der Waals surface area (Å²) in [5.74, 6) is 0.998. The predicted molar refractivity (Wildman–Crippen MR) is 143 cm³/mol.